The number of hydrogen-bond acceptors (Lipinski definition) is 4. The first-order valence-electron chi connectivity index (χ1n) is 8.99. The highest BCUT2D eigenvalue weighted by Crippen LogP contribution is 2.28. The molecule has 2 rings (SSSR count). The number of rotatable bonds is 9. The number of ether oxygens (including phenoxy) is 2. The van der Waals surface area contributed by atoms with Crippen LogP contribution in [-0.2, 0) is 9.59 Å². The molecule has 0 spiro atoms. The van der Waals surface area contributed by atoms with Crippen molar-refractivity contribution >= 4 is 23.2 Å². The van der Waals surface area contributed by atoms with Crippen LogP contribution >= 0.6 is 0 Å². The fourth-order valence-electron chi connectivity index (χ4n) is 2.47. The molecule has 0 atom stereocenters. The van der Waals surface area contributed by atoms with Gasteiger partial charge in [-0.3, -0.25) is 9.59 Å². The summed E-state index contributed by atoms with van der Waals surface area (Å²) in [5.74, 6) is 0.793. The largest absolute Gasteiger partial charge is 0.494 e. The summed E-state index contributed by atoms with van der Waals surface area (Å²) < 4.78 is 10.8. The van der Waals surface area contributed by atoms with Gasteiger partial charge in [-0.15, -0.1) is 0 Å². The Morgan fingerprint density at radius 1 is 1.04 bits per heavy atom. The van der Waals surface area contributed by atoms with Gasteiger partial charge in [0.25, 0.3) is 5.91 Å². The van der Waals surface area contributed by atoms with E-state index in [2.05, 4.69) is 10.6 Å². The van der Waals surface area contributed by atoms with Gasteiger partial charge in [0.15, 0.2) is 6.61 Å². The lowest BCUT2D eigenvalue weighted by atomic mass is 10.2. The number of aryl methyl sites for hydroxylation is 1. The quantitative estimate of drug-likeness (QED) is 0.695. The Labute approximate surface area is 159 Å². The predicted octanol–water partition coefficient (Wildman–Crippen LogP) is 4.15. The van der Waals surface area contributed by atoms with Gasteiger partial charge in [0.05, 0.1) is 12.8 Å². The summed E-state index contributed by atoms with van der Waals surface area (Å²) in [4.78, 5) is 24.0. The second kappa shape index (κ2) is 10.2. The third-order valence-electron chi connectivity index (χ3n) is 3.88. The monoisotopic (exact) mass is 370 g/mol. The molecular weight excluding hydrogens is 344 g/mol. The van der Waals surface area contributed by atoms with E-state index in [9.17, 15) is 9.59 Å². The van der Waals surface area contributed by atoms with Gasteiger partial charge in [-0.1, -0.05) is 25.5 Å². The minimum Gasteiger partial charge on any atom is -0.494 e. The second-order valence-electron chi connectivity index (χ2n) is 6.22. The molecule has 2 N–H and O–H groups in total. The third kappa shape index (κ3) is 6.66. The lowest BCUT2D eigenvalue weighted by Crippen LogP contribution is -2.20. The molecule has 0 bridgehead atoms. The molecule has 0 aliphatic carbocycles. The van der Waals surface area contributed by atoms with E-state index in [1.54, 1.807) is 24.3 Å². The van der Waals surface area contributed by atoms with Crippen LogP contribution in [0, 0.1) is 6.92 Å². The van der Waals surface area contributed by atoms with Crippen LogP contribution in [0.1, 0.15) is 31.7 Å². The van der Waals surface area contributed by atoms with Crippen LogP contribution in [0.3, 0.4) is 0 Å². The molecule has 0 unspecified atom stereocenters. The zero-order chi connectivity index (χ0) is 19.6. The van der Waals surface area contributed by atoms with Gasteiger partial charge in [0.1, 0.15) is 11.5 Å². The van der Waals surface area contributed by atoms with E-state index in [1.165, 1.54) is 7.11 Å². The molecule has 0 heterocycles. The lowest BCUT2D eigenvalue weighted by Gasteiger charge is -2.13. The molecule has 144 valence electrons. The summed E-state index contributed by atoms with van der Waals surface area (Å²) in [5, 5.41) is 5.59. The van der Waals surface area contributed by atoms with Crippen molar-refractivity contribution in [3.05, 3.63) is 48.0 Å². The van der Waals surface area contributed by atoms with E-state index < -0.39 is 0 Å². The lowest BCUT2D eigenvalue weighted by molar-refractivity contribution is -0.118. The number of amides is 2. The maximum Gasteiger partial charge on any atom is 0.262 e. The summed E-state index contributed by atoms with van der Waals surface area (Å²) in [7, 11) is 1.52. The summed E-state index contributed by atoms with van der Waals surface area (Å²) in [6.45, 7) is 3.90. The van der Waals surface area contributed by atoms with Crippen molar-refractivity contribution in [2.75, 3.05) is 24.4 Å². The second-order valence-corrected chi connectivity index (χ2v) is 6.22. The van der Waals surface area contributed by atoms with Crippen LogP contribution in [0.2, 0.25) is 0 Å². The molecule has 0 radical (unpaired) electrons. The Hall–Kier alpha value is -3.02. The number of anilines is 2. The van der Waals surface area contributed by atoms with E-state index in [0.29, 0.717) is 29.3 Å². The standard InChI is InChI=1S/C21H26N2O4/c1-4-5-9-20(24)23-18-11-10-16(13-19(18)26-3)22-21(25)14-27-17-8-6-7-15(2)12-17/h6-8,10-13H,4-5,9,14H2,1-3H3,(H,22,25)(H,23,24). The van der Waals surface area contributed by atoms with Gasteiger partial charge >= 0.3 is 0 Å². The SMILES string of the molecule is CCCCC(=O)Nc1ccc(NC(=O)COc2cccc(C)c2)cc1OC. The first-order chi connectivity index (χ1) is 13.0. The molecular formula is C21H26N2O4. The molecule has 0 aliphatic heterocycles. The fraction of sp³-hybridized carbons (Fsp3) is 0.333. The Balaban J connectivity index is 1.93. The van der Waals surface area contributed by atoms with E-state index in [-0.39, 0.29) is 18.4 Å². The van der Waals surface area contributed by atoms with Crippen LogP contribution in [0.15, 0.2) is 42.5 Å². The summed E-state index contributed by atoms with van der Waals surface area (Å²) in [5.41, 5.74) is 2.21. The van der Waals surface area contributed by atoms with E-state index in [0.717, 1.165) is 18.4 Å². The van der Waals surface area contributed by atoms with Gasteiger partial charge < -0.3 is 20.1 Å². The van der Waals surface area contributed by atoms with Gasteiger partial charge in [-0.2, -0.15) is 0 Å². The third-order valence-corrected chi connectivity index (χ3v) is 3.88. The first kappa shape index (κ1) is 20.3. The van der Waals surface area contributed by atoms with E-state index in [4.69, 9.17) is 9.47 Å². The zero-order valence-electron chi connectivity index (χ0n) is 16.0. The fourth-order valence-corrected chi connectivity index (χ4v) is 2.47. The molecule has 27 heavy (non-hydrogen) atoms. The van der Waals surface area contributed by atoms with Gasteiger partial charge in [-0.25, -0.2) is 0 Å². The number of benzene rings is 2. The van der Waals surface area contributed by atoms with Gasteiger partial charge in [0, 0.05) is 18.2 Å². The van der Waals surface area contributed by atoms with Crippen molar-refractivity contribution in [3.63, 3.8) is 0 Å². The topological polar surface area (TPSA) is 76.7 Å². The van der Waals surface area contributed by atoms with Crippen molar-refractivity contribution < 1.29 is 19.1 Å². The van der Waals surface area contributed by atoms with Crippen molar-refractivity contribution in [1.82, 2.24) is 0 Å². The molecule has 0 aliphatic rings. The van der Waals surface area contributed by atoms with Crippen LogP contribution in [-0.4, -0.2) is 25.5 Å². The molecule has 2 aromatic carbocycles. The molecule has 2 aromatic rings. The zero-order valence-corrected chi connectivity index (χ0v) is 16.0. The highest BCUT2D eigenvalue weighted by molar-refractivity contribution is 5.95. The number of methoxy groups -OCH3 is 1. The maximum atomic E-state index is 12.1. The molecule has 0 saturated carbocycles. The Bertz CT molecular complexity index is 790. The van der Waals surface area contributed by atoms with Crippen molar-refractivity contribution in [1.29, 1.82) is 0 Å². The highest BCUT2D eigenvalue weighted by Gasteiger charge is 2.10. The van der Waals surface area contributed by atoms with Crippen molar-refractivity contribution in [2.24, 2.45) is 0 Å². The number of nitrogens with one attached hydrogen (secondary N) is 2. The number of carbonyl (C=O) groups is 2. The van der Waals surface area contributed by atoms with Crippen molar-refractivity contribution in [3.8, 4) is 11.5 Å². The predicted molar refractivity (Wildman–Crippen MR) is 106 cm³/mol. The normalized spacial score (nSPS) is 10.2. The average Bonchev–Trinajstić information content (AvgIpc) is 2.66. The van der Waals surface area contributed by atoms with Gasteiger partial charge in [-0.05, 0) is 43.2 Å². The van der Waals surface area contributed by atoms with Crippen LogP contribution in [0.5, 0.6) is 11.5 Å². The smallest absolute Gasteiger partial charge is 0.262 e. The summed E-state index contributed by atoms with van der Waals surface area (Å²) in [6.07, 6.45) is 2.26. The number of unbranched alkanes of at least 4 members (excludes halogenated alkanes) is 1. The number of hydrogen-bond donors (Lipinski definition) is 2. The first-order valence-corrected chi connectivity index (χ1v) is 8.99. The van der Waals surface area contributed by atoms with Crippen LogP contribution in [0.4, 0.5) is 11.4 Å². The van der Waals surface area contributed by atoms with Gasteiger partial charge in [0.2, 0.25) is 5.91 Å². The number of carbonyl (C=O) groups excluding carboxylic acids is 2. The van der Waals surface area contributed by atoms with E-state index in [1.807, 2.05) is 32.0 Å². The van der Waals surface area contributed by atoms with Crippen LogP contribution in [0.25, 0.3) is 0 Å². The Kier molecular flexibility index (Phi) is 7.67. The summed E-state index contributed by atoms with van der Waals surface area (Å²) in [6, 6.07) is 12.6. The molecule has 0 aromatic heterocycles. The minimum absolute atomic E-state index is 0.0570. The summed E-state index contributed by atoms with van der Waals surface area (Å²) >= 11 is 0. The minimum atomic E-state index is -0.279. The Morgan fingerprint density at radius 2 is 1.85 bits per heavy atom. The average molecular weight is 370 g/mol. The molecule has 6 heteroatoms. The maximum absolute atomic E-state index is 12.1. The molecule has 6 nitrogen and oxygen atoms in total. The highest BCUT2D eigenvalue weighted by atomic mass is 16.5. The Morgan fingerprint density at radius 3 is 2.56 bits per heavy atom. The molecule has 2 amide bonds. The molecule has 0 fully saturated rings. The van der Waals surface area contributed by atoms with Crippen LogP contribution < -0.4 is 20.1 Å². The van der Waals surface area contributed by atoms with Crippen molar-refractivity contribution in [2.45, 2.75) is 33.1 Å². The molecule has 0 saturated heterocycles. The van der Waals surface area contributed by atoms with E-state index >= 15 is 0 Å².